The molecule has 0 aliphatic carbocycles. The van der Waals surface area contributed by atoms with E-state index in [9.17, 15) is 19.2 Å². The number of amides is 2. The van der Waals surface area contributed by atoms with Gasteiger partial charge in [-0.25, -0.2) is 13.9 Å². The van der Waals surface area contributed by atoms with Crippen molar-refractivity contribution in [1.29, 1.82) is 0 Å². The third-order valence-corrected chi connectivity index (χ3v) is 5.08. The molecule has 0 aliphatic heterocycles. The Bertz CT molecular complexity index is 1310. The predicted octanol–water partition coefficient (Wildman–Crippen LogP) is 1.05. The number of allylic oxidation sites excluding steroid dienone is 1. The van der Waals surface area contributed by atoms with E-state index in [0.29, 0.717) is 5.56 Å². The van der Waals surface area contributed by atoms with Crippen LogP contribution in [0.1, 0.15) is 44.5 Å². The Kier molecular flexibility index (Phi) is 6.61. The van der Waals surface area contributed by atoms with E-state index in [1.807, 2.05) is 27.7 Å². The number of carbonyl (C=O) groups is 2. The lowest BCUT2D eigenvalue weighted by Gasteiger charge is -2.12. The number of hydrogen-bond acceptors (Lipinski definition) is 5. The fraction of sp³-hybridized carbons (Fsp3) is 0.409. The monoisotopic (exact) mass is 440 g/mol. The minimum atomic E-state index is -0.582. The van der Waals surface area contributed by atoms with Gasteiger partial charge in [0.1, 0.15) is 6.54 Å². The summed E-state index contributed by atoms with van der Waals surface area (Å²) < 4.78 is 3.58. The zero-order valence-electron chi connectivity index (χ0n) is 18.7. The Morgan fingerprint density at radius 3 is 2.53 bits per heavy atom. The zero-order chi connectivity index (χ0) is 23.6. The third kappa shape index (κ3) is 4.34. The first-order chi connectivity index (χ1) is 15.2. The summed E-state index contributed by atoms with van der Waals surface area (Å²) in [4.78, 5) is 51.1. The predicted molar refractivity (Wildman–Crippen MR) is 122 cm³/mol. The maximum absolute atomic E-state index is 13.2. The van der Waals surface area contributed by atoms with E-state index in [1.165, 1.54) is 27.2 Å². The molecule has 0 bridgehead atoms. The van der Waals surface area contributed by atoms with E-state index < -0.39 is 5.69 Å². The van der Waals surface area contributed by atoms with Gasteiger partial charge >= 0.3 is 5.69 Å². The van der Waals surface area contributed by atoms with Crippen LogP contribution in [0.3, 0.4) is 0 Å². The number of carbonyl (C=O) groups excluding carboxylic acids is 2. The van der Waals surface area contributed by atoms with Crippen LogP contribution < -0.4 is 21.9 Å². The van der Waals surface area contributed by atoms with Gasteiger partial charge in [-0.3, -0.25) is 19.0 Å². The smallest absolute Gasteiger partial charge is 0.352 e. The van der Waals surface area contributed by atoms with Gasteiger partial charge < -0.3 is 10.6 Å². The van der Waals surface area contributed by atoms with Crippen molar-refractivity contribution < 1.29 is 9.59 Å². The second-order valence-electron chi connectivity index (χ2n) is 8.02. The van der Waals surface area contributed by atoms with Crippen LogP contribution in [0.2, 0.25) is 0 Å². The molecule has 0 saturated heterocycles. The van der Waals surface area contributed by atoms with Gasteiger partial charge in [-0.2, -0.15) is 0 Å². The van der Waals surface area contributed by atoms with E-state index in [-0.39, 0.29) is 59.2 Å². The average molecular weight is 441 g/mol. The summed E-state index contributed by atoms with van der Waals surface area (Å²) >= 11 is 0. The average Bonchev–Trinajstić information content (AvgIpc) is 3.05. The Labute approximate surface area is 184 Å². The molecule has 0 radical (unpaired) electrons. The summed E-state index contributed by atoms with van der Waals surface area (Å²) in [6.45, 7) is 11.0. The maximum Gasteiger partial charge on any atom is 0.352 e. The molecule has 10 nitrogen and oxygen atoms in total. The van der Waals surface area contributed by atoms with E-state index in [0.717, 1.165) is 11.1 Å². The van der Waals surface area contributed by atoms with Gasteiger partial charge in [0.05, 0.1) is 10.9 Å². The highest BCUT2D eigenvalue weighted by Gasteiger charge is 2.20. The number of aromatic nitrogens is 4. The van der Waals surface area contributed by atoms with Crippen LogP contribution >= 0.6 is 0 Å². The Balaban J connectivity index is 2.25. The van der Waals surface area contributed by atoms with Crippen LogP contribution in [0, 0.1) is 0 Å². The van der Waals surface area contributed by atoms with E-state index >= 15 is 0 Å². The Hall–Kier alpha value is -3.69. The highest BCUT2D eigenvalue weighted by Crippen LogP contribution is 2.14. The number of nitrogens with zero attached hydrogens (tertiary/aromatic N) is 4. The van der Waals surface area contributed by atoms with E-state index in [4.69, 9.17) is 0 Å². The molecule has 3 aromatic rings. The minimum Gasteiger partial charge on any atom is -0.352 e. The molecule has 0 aliphatic rings. The molecule has 0 saturated carbocycles. The van der Waals surface area contributed by atoms with Crippen LogP contribution in [0.15, 0.2) is 40.4 Å². The van der Waals surface area contributed by atoms with Crippen molar-refractivity contribution in [1.82, 2.24) is 29.4 Å². The second-order valence-corrected chi connectivity index (χ2v) is 8.02. The Morgan fingerprint density at radius 2 is 1.91 bits per heavy atom. The summed E-state index contributed by atoms with van der Waals surface area (Å²) in [5.74, 6) is -0.605. The van der Waals surface area contributed by atoms with Crippen LogP contribution in [0.5, 0.6) is 0 Å². The Morgan fingerprint density at radius 1 is 1.19 bits per heavy atom. The van der Waals surface area contributed by atoms with Crippen LogP contribution in [0.25, 0.3) is 16.7 Å². The SMILES string of the molecule is C=CCn1c(=O)c2ccc(C(=O)N[C@@H](C)CC)cc2n2c(=O)n(CC(=O)NC(C)C)nc12. The maximum atomic E-state index is 13.2. The molecule has 2 amide bonds. The normalized spacial score (nSPS) is 12.3. The summed E-state index contributed by atoms with van der Waals surface area (Å²) in [5.41, 5.74) is -0.383. The van der Waals surface area contributed by atoms with Crippen LogP contribution in [-0.4, -0.2) is 42.6 Å². The molecule has 170 valence electrons. The van der Waals surface area contributed by atoms with Gasteiger partial charge in [0.15, 0.2) is 0 Å². The molecule has 0 spiro atoms. The van der Waals surface area contributed by atoms with Crippen molar-refractivity contribution in [2.24, 2.45) is 0 Å². The molecular weight excluding hydrogens is 412 g/mol. The second kappa shape index (κ2) is 9.21. The number of fused-ring (bicyclic) bond motifs is 3. The molecule has 1 atom stereocenters. The van der Waals surface area contributed by atoms with Crippen molar-refractivity contribution in [2.45, 2.75) is 59.3 Å². The molecule has 10 heteroatoms. The van der Waals surface area contributed by atoms with Gasteiger partial charge in [-0.1, -0.05) is 13.0 Å². The molecule has 2 aromatic heterocycles. The zero-order valence-corrected chi connectivity index (χ0v) is 18.7. The van der Waals surface area contributed by atoms with Gasteiger partial charge in [0, 0.05) is 24.2 Å². The third-order valence-electron chi connectivity index (χ3n) is 5.08. The van der Waals surface area contributed by atoms with Crippen molar-refractivity contribution in [3.05, 3.63) is 57.3 Å². The van der Waals surface area contributed by atoms with Gasteiger partial charge in [0.2, 0.25) is 11.7 Å². The summed E-state index contributed by atoms with van der Waals surface area (Å²) in [5, 5.41) is 10.1. The quantitative estimate of drug-likeness (QED) is 0.508. The standard InChI is InChI=1S/C22H28N6O4/c1-6-10-26-20(31)16-9-8-15(19(30)24-14(5)7-2)11-17(16)28-21(26)25-27(22(28)32)12-18(29)23-13(3)4/h6,8-9,11,13-14H,1,7,10,12H2,2-5H3,(H,23,29)(H,24,30)/t14-/m0/s1. The summed E-state index contributed by atoms with van der Waals surface area (Å²) in [7, 11) is 0. The molecule has 32 heavy (non-hydrogen) atoms. The number of hydrogen-bond donors (Lipinski definition) is 2. The lowest BCUT2D eigenvalue weighted by molar-refractivity contribution is -0.122. The molecule has 2 N–H and O–H groups in total. The largest absolute Gasteiger partial charge is 0.352 e. The van der Waals surface area contributed by atoms with Crippen molar-refractivity contribution in [2.75, 3.05) is 0 Å². The fourth-order valence-electron chi connectivity index (χ4n) is 3.37. The highest BCUT2D eigenvalue weighted by molar-refractivity contribution is 5.98. The summed E-state index contributed by atoms with van der Waals surface area (Å²) in [6.07, 6.45) is 2.29. The first-order valence-electron chi connectivity index (χ1n) is 10.5. The minimum absolute atomic E-state index is 0.0243. The molecule has 3 rings (SSSR count). The van der Waals surface area contributed by atoms with Gasteiger partial charge in [-0.05, 0) is 45.4 Å². The van der Waals surface area contributed by atoms with Crippen molar-refractivity contribution in [3.63, 3.8) is 0 Å². The van der Waals surface area contributed by atoms with Gasteiger partial charge in [0.25, 0.3) is 11.5 Å². The number of nitrogens with one attached hydrogen (secondary N) is 2. The van der Waals surface area contributed by atoms with Crippen molar-refractivity contribution in [3.8, 4) is 0 Å². The van der Waals surface area contributed by atoms with E-state index in [2.05, 4.69) is 22.3 Å². The molecular formula is C22H28N6O4. The van der Waals surface area contributed by atoms with Gasteiger partial charge in [-0.15, -0.1) is 11.7 Å². The number of benzene rings is 1. The lowest BCUT2D eigenvalue weighted by atomic mass is 10.1. The van der Waals surface area contributed by atoms with Crippen LogP contribution in [-0.2, 0) is 17.9 Å². The first-order valence-corrected chi connectivity index (χ1v) is 10.5. The molecule has 0 unspecified atom stereocenters. The lowest BCUT2D eigenvalue weighted by Crippen LogP contribution is -2.36. The number of rotatable bonds is 8. The van der Waals surface area contributed by atoms with Crippen LogP contribution in [0.4, 0.5) is 0 Å². The first kappa shape index (κ1) is 23.0. The molecule has 0 fully saturated rings. The topological polar surface area (TPSA) is 120 Å². The van der Waals surface area contributed by atoms with Crippen molar-refractivity contribution >= 4 is 28.5 Å². The summed E-state index contributed by atoms with van der Waals surface area (Å²) in [6, 6.07) is 4.46. The molecule has 2 heterocycles. The fourth-order valence-corrected chi connectivity index (χ4v) is 3.37. The van der Waals surface area contributed by atoms with E-state index in [1.54, 1.807) is 6.07 Å². The highest BCUT2D eigenvalue weighted by atomic mass is 16.2. The molecule has 1 aromatic carbocycles.